The quantitative estimate of drug-likeness (QED) is 0.769. The van der Waals surface area contributed by atoms with Gasteiger partial charge in [0, 0.05) is 37.1 Å². The number of halogens is 1. The van der Waals surface area contributed by atoms with Gasteiger partial charge in [0.15, 0.2) is 6.61 Å². The number of ether oxygens (including phenoxy) is 1. The number of carbonyl (C=O) groups is 1. The van der Waals surface area contributed by atoms with Gasteiger partial charge >= 0.3 is 0 Å². The van der Waals surface area contributed by atoms with Gasteiger partial charge in [0.25, 0.3) is 5.91 Å². The Labute approximate surface area is 157 Å². The van der Waals surface area contributed by atoms with Gasteiger partial charge in [-0.25, -0.2) is 0 Å². The Kier molecular flexibility index (Phi) is 6.11. The number of hydrogen-bond acceptors (Lipinski definition) is 6. The Morgan fingerprint density at radius 3 is 2.50 bits per heavy atom. The molecule has 140 valence electrons. The van der Waals surface area contributed by atoms with Gasteiger partial charge in [-0.05, 0) is 24.3 Å². The second-order valence-corrected chi connectivity index (χ2v) is 7.02. The van der Waals surface area contributed by atoms with Crippen LogP contribution in [0.25, 0.3) is 0 Å². The van der Waals surface area contributed by atoms with Crippen LogP contribution in [0.2, 0.25) is 5.02 Å². The predicted octanol–water partition coefficient (Wildman–Crippen LogP) is 2.57. The lowest BCUT2D eigenvalue weighted by Gasteiger charge is -2.33. The first-order valence-corrected chi connectivity index (χ1v) is 9.10. The number of hydrogen-bond donors (Lipinski definition) is 0. The average molecular weight is 379 g/mol. The lowest BCUT2D eigenvalue weighted by atomic mass is 10.2. The van der Waals surface area contributed by atoms with E-state index < -0.39 is 0 Å². The molecule has 0 N–H and O–H groups in total. The second-order valence-electron chi connectivity index (χ2n) is 6.59. The van der Waals surface area contributed by atoms with E-state index in [1.165, 1.54) is 0 Å². The number of benzene rings is 1. The Bertz CT molecular complexity index is 724. The molecule has 1 saturated heterocycles. The van der Waals surface area contributed by atoms with Crippen LogP contribution < -0.4 is 4.74 Å². The molecule has 1 amide bonds. The molecule has 1 aliphatic heterocycles. The first-order chi connectivity index (χ1) is 12.5. The zero-order valence-electron chi connectivity index (χ0n) is 15.0. The van der Waals surface area contributed by atoms with E-state index >= 15 is 0 Å². The third-order valence-electron chi connectivity index (χ3n) is 4.24. The summed E-state index contributed by atoms with van der Waals surface area (Å²) in [5.74, 6) is 2.14. The van der Waals surface area contributed by atoms with Gasteiger partial charge in [0.2, 0.25) is 11.8 Å². The van der Waals surface area contributed by atoms with Crippen LogP contribution in [0.1, 0.15) is 31.5 Å². The highest BCUT2D eigenvalue weighted by molar-refractivity contribution is 6.30. The maximum absolute atomic E-state index is 12.3. The van der Waals surface area contributed by atoms with E-state index in [4.69, 9.17) is 20.8 Å². The lowest BCUT2D eigenvalue weighted by Crippen LogP contribution is -2.49. The number of carbonyl (C=O) groups excluding carboxylic acids is 1. The topological polar surface area (TPSA) is 71.7 Å². The minimum absolute atomic E-state index is 0.0144. The summed E-state index contributed by atoms with van der Waals surface area (Å²) >= 11 is 5.83. The Morgan fingerprint density at radius 1 is 1.19 bits per heavy atom. The van der Waals surface area contributed by atoms with E-state index in [1.807, 2.05) is 18.7 Å². The molecule has 0 aliphatic carbocycles. The van der Waals surface area contributed by atoms with E-state index in [9.17, 15) is 4.79 Å². The fourth-order valence-corrected chi connectivity index (χ4v) is 2.80. The van der Waals surface area contributed by atoms with E-state index in [1.54, 1.807) is 24.3 Å². The van der Waals surface area contributed by atoms with Crippen molar-refractivity contribution in [2.45, 2.75) is 26.3 Å². The van der Waals surface area contributed by atoms with Crippen molar-refractivity contribution < 1.29 is 13.9 Å². The second kappa shape index (κ2) is 8.51. The zero-order chi connectivity index (χ0) is 18.5. The highest BCUT2D eigenvalue weighted by Crippen LogP contribution is 2.16. The molecule has 0 spiro atoms. The molecular weight excluding hydrogens is 356 g/mol. The summed E-state index contributed by atoms with van der Waals surface area (Å²) in [6.45, 7) is 7.55. The van der Waals surface area contributed by atoms with Gasteiger partial charge in [-0.1, -0.05) is 25.4 Å². The van der Waals surface area contributed by atoms with Crippen molar-refractivity contribution in [2.75, 3.05) is 32.8 Å². The third-order valence-corrected chi connectivity index (χ3v) is 4.49. The van der Waals surface area contributed by atoms with Crippen LogP contribution in [0.4, 0.5) is 0 Å². The molecule has 1 aromatic heterocycles. The van der Waals surface area contributed by atoms with Gasteiger partial charge in [0.05, 0.1) is 6.54 Å². The summed E-state index contributed by atoms with van der Waals surface area (Å²) < 4.78 is 11.2. The largest absolute Gasteiger partial charge is 0.484 e. The summed E-state index contributed by atoms with van der Waals surface area (Å²) in [6.07, 6.45) is 0. The van der Waals surface area contributed by atoms with Crippen molar-refractivity contribution in [2.24, 2.45) is 0 Å². The fraction of sp³-hybridized carbons (Fsp3) is 0.500. The average Bonchev–Trinajstić information content (AvgIpc) is 3.10. The molecule has 1 aromatic carbocycles. The van der Waals surface area contributed by atoms with Crippen LogP contribution in [0.3, 0.4) is 0 Å². The number of nitrogens with zero attached hydrogens (tertiary/aromatic N) is 4. The molecule has 0 unspecified atom stereocenters. The molecule has 3 rings (SSSR count). The van der Waals surface area contributed by atoms with Crippen LogP contribution in [0, 0.1) is 0 Å². The minimum atomic E-state index is -0.0144. The molecule has 0 atom stereocenters. The van der Waals surface area contributed by atoms with E-state index in [-0.39, 0.29) is 18.4 Å². The normalized spacial score (nSPS) is 15.5. The van der Waals surface area contributed by atoms with Crippen LogP contribution in [-0.4, -0.2) is 58.7 Å². The monoisotopic (exact) mass is 378 g/mol. The van der Waals surface area contributed by atoms with Crippen LogP contribution >= 0.6 is 11.6 Å². The van der Waals surface area contributed by atoms with Crippen molar-refractivity contribution in [3.8, 4) is 5.75 Å². The standard InChI is InChI=1S/C18H23ClN4O3/c1-13(2)18-21-20-16(26-18)11-22-7-9-23(10-8-22)17(24)12-25-15-5-3-14(19)4-6-15/h3-6,13H,7-12H2,1-2H3. The SMILES string of the molecule is CC(C)c1nnc(CN2CCN(C(=O)COc3ccc(Cl)cc3)CC2)o1. The molecule has 1 aliphatic rings. The number of amides is 1. The number of aromatic nitrogens is 2. The van der Waals surface area contributed by atoms with Crippen molar-refractivity contribution in [1.82, 2.24) is 20.0 Å². The van der Waals surface area contributed by atoms with Gasteiger partial charge in [-0.2, -0.15) is 0 Å². The first kappa shape index (κ1) is 18.7. The van der Waals surface area contributed by atoms with Gasteiger partial charge in [-0.3, -0.25) is 9.69 Å². The van der Waals surface area contributed by atoms with Crippen molar-refractivity contribution in [1.29, 1.82) is 0 Å². The van der Waals surface area contributed by atoms with E-state index in [0.717, 1.165) is 13.1 Å². The summed E-state index contributed by atoms with van der Waals surface area (Å²) in [4.78, 5) is 16.3. The maximum atomic E-state index is 12.3. The molecule has 26 heavy (non-hydrogen) atoms. The van der Waals surface area contributed by atoms with Gasteiger partial charge < -0.3 is 14.1 Å². The van der Waals surface area contributed by atoms with Crippen LogP contribution in [0.15, 0.2) is 28.7 Å². The van der Waals surface area contributed by atoms with Crippen molar-refractivity contribution >= 4 is 17.5 Å². The summed E-state index contributed by atoms with van der Waals surface area (Å²) in [6, 6.07) is 6.98. The zero-order valence-corrected chi connectivity index (χ0v) is 15.8. The molecule has 0 bridgehead atoms. The van der Waals surface area contributed by atoms with E-state index in [2.05, 4.69) is 15.1 Å². The smallest absolute Gasteiger partial charge is 0.260 e. The Hall–Kier alpha value is -2.12. The molecule has 1 fully saturated rings. The summed E-state index contributed by atoms with van der Waals surface area (Å²) in [5.41, 5.74) is 0. The molecule has 0 radical (unpaired) electrons. The first-order valence-electron chi connectivity index (χ1n) is 8.72. The van der Waals surface area contributed by atoms with Crippen LogP contribution in [-0.2, 0) is 11.3 Å². The highest BCUT2D eigenvalue weighted by Gasteiger charge is 2.23. The third kappa shape index (κ3) is 4.95. The number of rotatable bonds is 6. The Morgan fingerprint density at radius 2 is 1.88 bits per heavy atom. The maximum Gasteiger partial charge on any atom is 0.260 e. The fourth-order valence-electron chi connectivity index (χ4n) is 2.68. The summed E-state index contributed by atoms with van der Waals surface area (Å²) in [5, 5.41) is 8.78. The molecule has 8 heteroatoms. The van der Waals surface area contributed by atoms with Crippen LogP contribution in [0.5, 0.6) is 5.75 Å². The predicted molar refractivity (Wildman–Crippen MR) is 97.2 cm³/mol. The molecule has 2 aromatic rings. The summed E-state index contributed by atoms with van der Waals surface area (Å²) in [7, 11) is 0. The molecular formula is C18H23ClN4O3. The minimum Gasteiger partial charge on any atom is -0.484 e. The molecule has 7 nitrogen and oxygen atoms in total. The van der Waals surface area contributed by atoms with Gasteiger partial charge in [0.1, 0.15) is 5.75 Å². The van der Waals surface area contributed by atoms with Crippen molar-refractivity contribution in [3.63, 3.8) is 0 Å². The van der Waals surface area contributed by atoms with Gasteiger partial charge in [-0.15, -0.1) is 10.2 Å². The molecule has 0 saturated carbocycles. The lowest BCUT2D eigenvalue weighted by molar-refractivity contribution is -0.135. The van der Waals surface area contributed by atoms with Crippen molar-refractivity contribution in [3.05, 3.63) is 41.1 Å². The Balaban J connectivity index is 1.42. The molecule has 2 heterocycles. The number of piperazine rings is 1. The highest BCUT2D eigenvalue weighted by atomic mass is 35.5. The van der Waals surface area contributed by atoms with E-state index in [0.29, 0.717) is 42.2 Å².